The number of carbonyl (C=O) groups is 1. The van der Waals surface area contributed by atoms with Gasteiger partial charge in [0.2, 0.25) is 0 Å². The number of aliphatic hydroxyl groups is 12. The summed E-state index contributed by atoms with van der Waals surface area (Å²) in [6, 6.07) is 8.40. The molecule has 9 rings (SSSR count). The van der Waals surface area contributed by atoms with Crippen LogP contribution >= 0.6 is 0 Å². The molecule has 4 saturated carbocycles. The van der Waals surface area contributed by atoms with Gasteiger partial charge in [-0.3, -0.25) is 0 Å². The van der Waals surface area contributed by atoms with E-state index in [1.54, 1.807) is 58.0 Å². The molecule has 1 aromatic carbocycles. The average Bonchev–Trinajstić information content (AvgIpc) is 3.54. The van der Waals surface area contributed by atoms with Gasteiger partial charge < -0.3 is 113 Å². The molecule has 444 valence electrons. The molecule has 1 aromatic rings. The van der Waals surface area contributed by atoms with Crippen molar-refractivity contribution in [2.75, 3.05) is 27.4 Å². The van der Waals surface area contributed by atoms with Gasteiger partial charge in [0.1, 0.15) is 90.6 Å². The highest BCUT2D eigenvalue weighted by Gasteiger charge is 2.81. The molecule has 0 aromatic heterocycles. The van der Waals surface area contributed by atoms with Crippen LogP contribution in [0.15, 0.2) is 30.3 Å². The summed E-state index contributed by atoms with van der Waals surface area (Å²) >= 11 is 0. The molecule has 24 nitrogen and oxygen atoms in total. The molecule has 0 bridgehead atoms. The van der Waals surface area contributed by atoms with Gasteiger partial charge in [-0.05, 0) is 102 Å². The van der Waals surface area contributed by atoms with E-state index in [1.807, 2.05) is 0 Å². The summed E-state index contributed by atoms with van der Waals surface area (Å²) in [6.07, 6.45) is -24.9. The zero-order valence-corrected chi connectivity index (χ0v) is 45.3. The lowest BCUT2D eigenvalue weighted by atomic mass is 9.40. The summed E-state index contributed by atoms with van der Waals surface area (Å²) in [4.78, 5) is 13.2. The maximum Gasteiger partial charge on any atom is 0.338 e. The van der Waals surface area contributed by atoms with E-state index in [4.69, 9.17) is 52.1 Å². The molecule has 29 atom stereocenters. The first kappa shape index (κ1) is 60.4. The lowest BCUT2D eigenvalue weighted by Crippen LogP contribution is -2.79. The third-order valence-electron chi connectivity index (χ3n) is 20.0. The molecular formula is C54H84O24. The minimum absolute atomic E-state index is 0.000315. The molecule has 4 saturated heterocycles. The topological polar surface area (TPSA) is 361 Å². The zero-order valence-electron chi connectivity index (χ0n) is 45.3. The number of esters is 1. The summed E-state index contributed by atoms with van der Waals surface area (Å²) in [5.41, 5.74) is -7.27. The van der Waals surface area contributed by atoms with Gasteiger partial charge in [0.05, 0.1) is 60.3 Å². The second-order valence-electron chi connectivity index (χ2n) is 23.8. The molecule has 78 heavy (non-hydrogen) atoms. The van der Waals surface area contributed by atoms with Crippen LogP contribution in [0.1, 0.15) is 103 Å². The second-order valence-corrected chi connectivity index (χ2v) is 23.8. The molecule has 12 N–H and O–H groups in total. The van der Waals surface area contributed by atoms with Crippen molar-refractivity contribution in [2.45, 2.75) is 244 Å². The maximum atomic E-state index is 13.2. The van der Waals surface area contributed by atoms with Crippen LogP contribution in [0.3, 0.4) is 0 Å². The molecule has 8 aliphatic rings. The fourth-order valence-corrected chi connectivity index (χ4v) is 15.1. The van der Waals surface area contributed by atoms with Crippen LogP contribution in [0.25, 0.3) is 0 Å². The van der Waals surface area contributed by atoms with Crippen LogP contribution in [0, 0.1) is 22.7 Å². The van der Waals surface area contributed by atoms with E-state index >= 15 is 0 Å². The number of rotatable bonds is 15. The lowest BCUT2D eigenvalue weighted by Gasteiger charge is -2.69. The molecule has 4 aliphatic heterocycles. The number of hydrogen-bond donors (Lipinski definition) is 12. The molecule has 24 heteroatoms. The molecule has 0 spiro atoms. The van der Waals surface area contributed by atoms with E-state index < -0.39 is 182 Å². The van der Waals surface area contributed by atoms with Crippen LogP contribution in [0.5, 0.6) is 0 Å². The van der Waals surface area contributed by atoms with Gasteiger partial charge in [-0.2, -0.15) is 0 Å². The molecule has 0 unspecified atom stereocenters. The Morgan fingerprint density at radius 3 is 1.96 bits per heavy atom. The van der Waals surface area contributed by atoms with Crippen molar-refractivity contribution in [3.05, 3.63) is 35.9 Å². The van der Waals surface area contributed by atoms with Crippen LogP contribution in [0.4, 0.5) is 0 Å². The highest BCUT2D eigenvalue weighted by atomic mass is 16.8. The summed E-state index contributed by atoms with van der Waals surface area (Å²) in [7, 11) is 2.85. The Bertz CT molecular complexity index is 2180. The molecule has 4 aliphatic carbocycles. The third kappa shape index (κ3) is 10.1. The van der Waals surface area contributed by atoms with Crippen molar-refractivity contribution in [3.63, 3.8) is 0 Å². The van der Waals surface area contributed by atoms with Crippen LogP contribution < -0.4 is 0 Å². The fraction of sp³-hybridized carbons (Fsp3) is 0.870. The van der Waals surface area contributed by atoms with Gasteiger partial charge in [0.25, 0.3) is 0 Å². The Morgan fingerprint density at radius 1 is 0.667 bits per heavy atom. The number of hydrogen-bond acceptors (Lipinski definition) is 24. The highest BCUT2D eigenvalue weighted by Crippen LogP contribution is 2.72. The Kier molecular flexibility index (Phi) is 17.9. The minimum Gasteiger partial charge on any atom is -0.456 e. The van der Waals surface area contributed by atoms with Gasteiger partial charge >= 0.3 is 5.97 Å². The summed E-state index contributed by atoms with van der Waals surface area (Å²) in [6.45, 7) is 7.41. The Morgan fingerprint density at radius 2 is 1.29 bits per heavy atom. The van der Waals surface area contributed by atoms with Crippen molar-refractivity contribution in [3.8, 4) is 0 Å². The largest absolute Gasteiger partial charge is 0.456 e. The number of carbonyl (C=O) groups excluding carboxylic acids is 1. The van der Waals surface area contributed by atoms with Gasteiger partial charge in [-0.25, -0.2) is 4.79 Å². The fourth-order valence-electron chi connectivity index (χ4n) is 15.1. The monoisotopic (exact) mass is 1120 g/mol. The number of fused-ring (bicyclic) bond motifs is 5. The minimum atomic E-state index is -1.90. The summed E-state index contributed by atoms with van der Waals surface area (Å²) in [5, 5.41) is 135. The lowest BCUT2D eigenvalue weighted by molar-refractivity contribution is -0.374. The third-order valence-corrected chi connectivity index (χ3v) is 20.0. The Hall–Kier alpha value is -2.19. The average molecular weight is 1120 g/mol. The Labute approximate surface area is 453 Å². The predicted molar refractivity (Wildman–Crippen MR) is 264 cm³/mol. The van der Waals surface area contributed by atoms with E-state index in [0.29, 0.717) is 31.2 Å². The van der Waals surface area contributed by atoms with E-state index in [9.17, 15) is 66.1 Å². The standard InChI is InChI=1S/C54H84O24/c1-24-43(77-49-42(63)45(69-7)44(25(2)72-49)78-48-41(62)39(60)37(58)32(76-48)23-70-47-40(61)38(59)36(57)31(22-55)75-47)30(68-6)20-35(71-24)74-29-14-15-50(4)28(19-29)13-16-53(66)33(50)21-34(56)51(5)52(65,17-18-54(51,53)67)26(3)73-46(64)27-11-9-8-10-12-27/h8-12,24-26,28-45,47-49,55-63,65-67H,13-23H2,1-7H3/t24-,25-,26+,28+,29+,30+,31-,32-,33-,34-,35+,36-,37-,38+,39+,40-,41-,42-,43-,44-,45-,47-,48+,49+,50+,51-,52-,53+,54-/m1/s1. The molecule has 8 fully saturated rings. The van der Waals surface area contributed by atoms with Gasteiger partial charge in [-0.1, -0.05) is 32.0 Å². The van der Waals surface area contributed by atoms with E-state index in [1.165, 1.54) is 14.2 Å². The molecule has 0 radical (unpaired) electrons. The summed E-state index contributed by atoms with van der Waals surface area (Å²) < 4.78 is 66.1. The van der Waals surface area contributed by atoms with E-state index in [2.05, 4.69) is 6.92 Å². The smallest absolute Gasteiger partial charge is 0.338 e. The molecular weight excluding hydrogens is 1030 g/mol. The number of methoxy groups -OCH3 is 2. The normalized spacial score (nSPS) is 51.9. The van der Waals surface area contributed by atoms with Gasteiger partial charge in [0, 0.05) is 20.6 Å². The molecule has 0 amide bonds. The second kappa shape index (κ2) is 23.1. The van der Waals surface area contributed by atoms with Crippen molar-refractivity contribution in [1.29, 1.82) is 0 Å². The number of benzene rings is 1. The van der Waals surface area contributed by atoms with Crippen molar-refractivity contribution in [2.24, 2.45) is 22.7 Å². The first-order chi connectivity index (χ1) is 36.8. The predicted octanol–water partition coefficient (Wildman–Crippen LogP) is -1.74. The number of ether oxygens (including phenoxy) is 11. The number of aliphatic hydroxyl groups excluding tert-OH is 9. The first-order valence-electron chi connectivity index (χ1n) is 27.6. The zero-order chi connectivity index (χ0) is 56.6. The van der Waals surface area contributed by atoms with E-state index in [0.717, 1.165) is 0 Å². The Balaban J connectivity index is 0.792. The highest BCUT2D eigenvalue weighted by molar-refractivity contribution is 5.89. The first-order valence-corrected chi connectivity index (χ1v) is 27.6. The van der Waals surface area contributed by atoms with Gasteiger partial charge in [0.15, 0.2) is 25.2 Å². The van der Waals surface area contributed by atoms with Gasteiger partial charge in [-0.15, -0.1) is 0 Å². The SMILES string of the molecule is CO[C@@H]1[C@@H](O)[C@H](O[C@H]2[C@@H](OC)C[C@H](O[C@H]3CC[C@@]4(C)[C@@H](CC[C@]5(O)[C@@H]4C[C@@H](O)[C@@]4(C)[C@]5(O)CC[C@@]4(O)[C@H](C)OC(=O)c4ccccc4)C3)O[C@@H]2C)O[C@H](C)[C@H]1O[C@@H]1O[C@H](CO[C@@H]2O[C@H](CO)[C@@H](O)[C@H](O)[C@H]2O)[C@@H](O)[C@H](O)[C@H]1O. The van der Waals surface area contributed by atoms with Crippen molar-refractivity contribution < 1.29 is 118 Å². The summed E-state index contributed by atoms with van der Waals surface area (Å²) in [5.74, 6) is -1.12. The molecule has 4 heterocycles. The van der Waals surface area contributed by atoms with Crippen LogP contribution in [-0.4, -0.2) is 247 Å². The quantitative estimate of drug-likeness (QED) is 0.0685. The van der Waals surface area contributed by atoms with Crippen molar-refractivity contribution in [1.82, 2.24) is 0 Å². The van der Waals surface area contributed by atoms with Crippen LogP contribution in [-0.2, 0) is 52.1 Å². The van der Waals surface area contributed by atoms with Crippen molar-refractivity contribution >= 4 is 5.97 Å². The van der Waals surface area contributed by atoms with E-state index in [-0.39, 0.29) is 44.1 Å². The maximum absolute atomic E-state index is 13.2. The van der Waals surface area contributed by atoms with Crippen LogP contribution in [0.2, 0.25) is 0 Å².